The third kappa shape index (κ3) is 3.76. The Balaban J connectivity index is 1.59. The predicted molar refractivity (Wildman–Crippen MR) is 96.5 cm³/mol. The maximum absolute atomic E-state index is 12.2. The lowest BCUT2D eigenvalue weighted by atomic mass is 10.1. The minimum atomic E-state index is -0.0186. The van der Waals surface area contributed by atoms with Crippen molar-refractivity contribution in [2.24, 2.45) is 0 Å². The summed E-state index contributed by atoms with van der Waals surface area (Å²) in [6, 6.07) is 8.10. The molecule has 2 aromatic rings. The summed E-state index contributed by atoms with van der Waals surface area (Å²) in [7, 11) is 2.15. The van der Waals surface area contributed by atoms with Gasteiger partial charge < -0.3 is 15.1 Å². The van der Waals surface area contributed by atoms with Gasteiger partial charge in [0.1, 0.15) is 0 Å². The van der Waals surface area contributed by atoms with E-state index >= 15 is 0 Å². The molecule has 0 bridgehead atoms. The number of anilines is 2. The van der Waals surface area contributed by atoms with E-state index < -0.39 is 0 Å². The molecule has 1 aromatic carbocycles. The number of hydrogen-bond acceptors (Lipinski definition) is 4. The van der Waals surface area contributed by atoms with Crippen LogP contribution in [0, 0.1) is 13.8 Å². The normalized spacial score (nSPS) is 15.5. The van der Waals surface area contributed by atoms with Crippen molar-refractivity contribution in [1.82, 2.24) is 15.1 Å². The molecule has 1 amide bonds. The van der Waals surface area contributed by atoms with Crippen LogP contribution in [0.25, 0.3) is 0 Å². The molecule has 0 radical (unpaired) electrons. The Morgan fingerprint density at radius 1 is 1.17 bits per heavy atom. The van der Waals surface area contributed by atoms with Gasteiger partial charge in [-0.25, -0.2) is 0 Å². The summed E-state index contributed by atoms with van der Waals surface area (Å²) in [6.45, 7) is 8.11. The van der Waals surface area contributed by atoms with Crippen LogP contribution in [-0.2, 0) is 11.2 Å². The zero-order valence-corrected chi connectivity index (χ0v) is 14.6. The van der Waals surface area contributed by atoms with Crippen LogP contribution in [-0.4, -0.2) is 54.2 Å². The molecule has 1 fully saturated rings. The number of rotatable bonds is 4. The van der Waals surface area contributed by atoms with E-state index in [9.17, 15) is 4.79 Å². The van der Waals surface area contributed by atoms with Gasteiger partial charge in [-0.2, -0.15) is 5.10 Å². The van der Waals surface area contributed by atoms with Crippen LogP contribution in [0.2, 0.25) is 0 Å². The largest absolute Gasteiger partial charge is 0.369 e. The van der Waals surface area contributed by atoms with E-state index in [0.717, 1.165) is 48.8 Å². The Labute approximate surface area is 142 Å². The van der Waals surface area contributed by atoms with Gasteiger partial charge in [0.2, 0.25) is 5.91 Å². The molecular weight excluding hydrogens is 302 g/mol. The second kappa shape index (κ2) is 7.05. The minimum absolute atomic E-state index is 0.0186. The molecule has 1 aromatic heterocycles. The monoisotopic (exact) mass is 327 g/mol. The molecule has 0 saturated carbocycles. The number of hydrogen-bond donors (Lipinski definition) is 2. The highest BCUT2D eigenvalue weighted by Crippen LogP contribution is 2.20. The first-order chi connectivity index (χ1) is 11.5. The quantitative estimate of drug-likeness (QED) is 0.901. The number of piperazine rings is 1. The number of nitrogens with zero attached hydrogens (tertiary/aromatic N) is 3. The number of likely N-dealkylation sites (N-methyl/N-ethyl adjacent to an activating group) is 1. The molecule has 0 aliphatic carbocycles. The number of aryl methyl sites for hydroxylation is 2. The van der Waals surface area contributed by atoms with E-state index in [4.69, 9.17) is 0 Å². The average Bonchev–Trinajstić information content (AvgIpc) is 2.88. The third-order valence-corrected chi connectivity index (χ3v) is 4.64. The van der Waals surface area contributed by atoms with Gasteiger partial charge in [0, 0.05) is 48.8 Å². The number of nitrogens with one attached hydrogen (secondary N) is 2. The van der Waals surface area contributed by atoms with E-state index in [2.05, 4.69) is 44.5 Å². The van der Waals surface area contributed by atoms with Crippen LogP contribution in [0.1, 0.15) is 17.0 Å². The molecule has 0 unspecified atom stereocenters. The molecule has 6 nitrogen and oxygen atoms in total. The SMILES string of the molecule is Cc1n[nH]c(C)c1CC(=O)Nc1ccc(N2CCN(C)CC2)cc1. The third-order valence-electron chi connectivity index (χ3n) is 4.64. The highest BCUT2D eigenvalue weighted by atomic mass is 16.1. The molecular formula is C18H25N5O. The molecule has 24 heavy (non-hydrogen) atoms. The summed E-state index contributed by atoms with van der Waals surface area (Å²) in [5, 5.41) is 10.0. The van der Waals surface area contributed by atoms with E-state index in [1.54, 1.807) is 0 Å². The Bertz CT molecular complexity index is 679. The van der Waals surface area contributed by atoms with Crippen LogP contribution in [0.3, 0.4) is 0 Å². The Hall–Kier alpha value is -2.34. The van der Waals surface area contributed by atoms with Crippen LogP contribution < -0.4 is 10.2 Å². The first-order valence-corrected chi connectivity index (χ1v) is 8.37. The van der Waals surface area contributed by atoms with Crippen molar-refractivity contribution >= 4 is 17.3 Å². The number of carbonyl (C=O) groups is 1. The van der Waals surface area contributed by atoms with Gasteiger partial charge in [0.25, 0.3) is 0 Å². The van der Waals surface area contributed by atoms with E-state index in [0.29, 0.717) is 6.42 Å². The fraction of sp³-hybridized carbons (Fsp3) is 0.444. The van der Waals surface area contributed by atoms with Crippen molar-refractivity contribution in [3.8, 4) is 0 Å². The summed E-state index contributed by atoms with van der Waals surface area (Å²) < 4.78 is 0. The summed E-state index contributed by atoms with van der Waals surface area (Å²) in [5.74, 6) is -0.0186. The summed E-state index contributed by atoms with van der Waals surface area (Å²) in [4.78, 5) is 17.0. The zero-order valence-electron chi connectivity index (χ0n) is 14.6. The Kier molecular flexibility index (Phi) is 4.85. The van der Waals surface area contributed by atoms with Crippen LogP contribution >= 0.6 is 0 Å². The lowest BCUT2D eigenvalue weighted by Gasteiger charge is -2.34. The second-order valence-corrected chi connectivity index (χ2v) is 6.47. The summed E-state index contributed by atoms with van der Waals surface area (Å²) in [6.07, 6.45) is 0.342. The van der Waals surface area contributed by atoms with Crippen molar-refractivity contribution in [2.75, 3.05) is 43.4 Å². The molecule has 2 heterocycles. The molecule has 0 spiro atoms. The molecule has 6 heteroatoms. The standard InChI is InChI=1S/C18H25N5O/c1-13-17(14(2)21-20-13)12-18(24)19-15-4-6-16(7-5-15)23-10-8-22(3)9-11-23/h4-7H,8-12H2,1-3H3,(H,19,24)(H,20,21). The number of amides is 1. The van der Waals surface area contributed by atoms with Gasteiger partial charge >= 0.3 is 0 Å². The molecule has 1 aliphatic rings. The predicted octanol–water partition coefficient (Wildman–Crippen LogP) is 1.96. The van der Waals surface area contributed by atoms with E-state index in [1.165, 1.54) is 5.69 Å². The van der Waals surface area contributed by atoms with Crippen molar-refractivity contribution in [3.63, 3.8) is 0 Å². The van der Waals surface area contributed by atoms with Gasteiger partial charge in [-0.3, -0.25) is 9.89 Å². The molecule has 128 valence electrons. The first-order valence-electron chi connectivity index (χ1n) is 8.37. The van der Waals surface area contributed by atoms with Gasteiger partial charge in [0.15, 0.2) is 0 Å². The molecule has 3 rings (SSSR count). The lowest BCUT2D eigenvalue weighted by molar-refractivity contribution is -0.115. The smallest absolute Gasteiger partial charge is 0.228 e. The number of H-pyrrole nitrogens is 1. The second-order valence-electron chi connectivity index (χ2n) is 6.47. The van der Waals surface area contributed by atoms with Crippen LogP contribution in [0.4, 0.5) is 11.4 Å². The lowest BCUT2D eigenvalue weighted by Crippen LogP contribution is -2.44. The fourth-order valence-corrected chi connectivity index (χ4v) is 3.02. The van der Waals surface area contributed by atoms with Crippen LogP contribution in [0.5, 0.6) is 0 Å². The molecule has 1 aliphatic heterocycles. The molecule has 1 saturated heterocycles. The topological polar surface area (TPSA) is 64.3 Å². The average molecular weight is 327 g/mol. The molecule has 2 N–H and O–H groups in total. The van der Waals surface area contributed by atoms with Gasteiger partial charge in [-0.1, -0.05) is 0 Å². The van der Waals surface area contributed by atoms with Gasteiger partial charge in [0.05, 0.1) is 12.1 Å². The first kappa shape index (κ1) is 16.5. The van der Waals surface area contributed by atoms with Gasteiger partial charge in [-0.05, 0) is 45.2 Å². The van der Waals surface area contributed by atoms with Crippen molar-refractivity contribution in [3.05, 3.63) is 41.2 Å². The fourth-order valence-electron chi connectivity index (χ4n) is 3.02. The number of benzene rings is 1. The number of carbonyl (C=O) groups excluding carboxylic acids is 1. The zero-order chi connectivity index (χ0) is 17.1. The van der Waals surface area contributed by atoms with Crippen molar-refractivity contribution in [2.45, 2.75) is 20.3 Å². The highest BCUT2D eigenvalue weighted by Gasteiger charge is 2.15. The van der Waals surface area contributed by atoms with E-state index in [1.807, 2.05) is 26.0 Å². The maximum Gasteiger partial charge on any atom is 0.228 e. The summed E-state index contributed by atoms with van der Waals surface area (Å²) in [5.41, 5.74) is 4.85. The number of aromatic nitrogens is 2. The van der Waals surface area contributed by atoms with Crippen molar-refractivity contribution < 1.29 is 4.79 Å². The molecule has 0 atom stereocenters. The summed E-state index contributed by atoms with van der Waals surface area (Å²) >= 11 is 0. The van der Waals surface area contributed by atoms with Gasteiger partial charge in [-0.15, -0.1) is 0 Å². The highest BCUT2D eigenvalue weighted by molar-refractivity contribution is 5.92. The Morgan fingerprint density at radius 2 is 1.83 bits per heavy atom. The Morgan fingerprint density at radius 3 is 2.42 bits per heavy atom. The van der Waals surface area contributed by atoms with E-state index in [-0.39, 0.29) is 5.91 Å². The maximum atomic E-state index is 12.2. The minimum Gasteiger partial charge on any atom is -0.369 e. The van der Waals surface area contributed by atoms with Crippen LogP contribution in [0.15, 0.2) is 24.3 Å². The number of aromatic amines is 1. The van der Waals surface area contributed by atoms with Crippen molar-refractivity contribution in [1.29, 1.82) is 0 Å².